The molecule has 0 saturated heterocycles. The summed E-state index contributed by atoms with van der Waals surface area (Å²) in [5.74, 6) is 0. The summed E-state index contributed by atoms with van der Waals surface area (Å²) in [4.78, 5) is 4.31. The van der Waals surface area contributed by atoms with Crippen LogP contribution in [0.2, 0.25) is 5.02 Å². The molecule has 0 saturated carbocycles. The highest BCUT2D eigenvalue weighted by molar-refractivity contribution is 7.09. The topological polar surface area (TPSA) is 24.9 Å². The highest BCUT2D eigenvalue weighted by Crippen LogP contribution is 2.21. The van der Waals surface area contributed by atoms with Crippen molar-refractivity contribution in [3.63, 3.8) is 0 Å². The Kier molecular flexibility index (Phi) is 4.15. The van der Waals surface area contributed by atoms with Crippen molar-refractivity contribution >= 4 is 22.9 Å². The Morgan fingerprint density at radius 1 is 1.18 bits per heavy atom. The largest absolute Gasteiger partial charge is 0.302 e. The minimum absolute atomic E-state index is 0.265. The molecule has 1 aromatic carbocycles. The second kappa shape index (κ2) is 5.63. The summed E-state index contributed by atoms with van der Waals surface area (Å²) in [6.07, 6.45) is 1.84. The van der Waals surface area contributed by atoms with Crippen LogP contribution in [0.3, 0.4) is 0 Å². The van der Waals surface area contributed by atoms with E-state index in [1.165, 1.54) is 5.56 Å². The van der Waals surface area contributed by atoms with E-state index in [0.29, 0.717) is 0 Å². The van der Waals surface area contributed by atoms with Crippen LogP contribution in [0.4, 0.5) is 0 Å². The van der Waals surface area contributed by atoms with Crippen molar-refractivity contribution in [3.8, 4) is 0 Å². The van der Waals surface area contributed by atoms with Crippen molar-refractivity contribution < 1.29 is 0 Å². The fourth-order valence-electron chi connectivity index (χ4n) is 1.74. The number of hydrogen-bond acceptors (Lipinski definition) is 3. The van der Waals surface area contributed by atoms with Crippen LogP contribution in [0.15, 0.2) is 35.8 Å². The third-order valence-corrected chi connectivity index (χ3v) is 3.90. The van der Waals surface area contributed by atoms with Gasteiger partial charge < -0.3 is 5.32 Å². The molecule has 1 unspecified atom stereocenters. The Hall–Kier alpha value is -0.900. The number of thiazole rings is 1. The van der Waals surface area contributed by atoms with E-state index in [2.05, 4.69) is 36.3 Å². The predicted molar refractivity (Wildman–Crippen MR) is 73.5 cm³/mol. The molecule has 1 heterocycles. The molecule has 0 fully saturated rings. The molecule has 0 aliphatic carbocycles. The predicted octanol–water partition coefficient (Wildman–Crippen LogP) is 4.21. The molecule has 1 N–H and O–H groups in total. The fraction of sp³-hybridized carbons (Fsp3) is 0.308. The molecule has 0 amide bonds. The first-order valence-electron chi connectivity index (χ1n) is 5.57. The van der Waals surface area contributed by atoms with Gasteiger partial charge in [-0.3, -0.25) is 0 Å². The first-order chi connectivity index (χ1) is 8.16. The van der Waals surface area contributed by atoms with E-state index in [1.807, 2.05) is 23.7 Å². The lowest BCUT2D eigenvalue weighted by Crippen LogP contribution is -2.22. The van der Waals surface area contributed by atoms with Gasteiger partial charge in [0.05, 0.1) is 6.04 Å². The summed E-state index contributed by atoms with van der Waals surface area (Å²) < 4.78 is 0. The summed E-state index contributed by atoms with van der Waals surface area (Å²) in [5, 5.41) is 7.41. The lowest BCUT2D eigenvalue weighted by molar-refractivity contribution is 0.493. The number of rotatable bonds is 4. The van der Waals surface area contributed by atoms with Crippen LogP contribution in [0.25, 0.3) is 0 Å². The van der Waals surface area contributed by atoms with Gasteiger partial charge >= 0.3 is 0 Å². The molecule has 1 aromatic heterocycles. The molecule has 2 atom stereocenters. The van der Waals surface area contributed by atoms with Gasteiger partial charge in [0.2, 0.25) is 0 Å². The minimum Gasteiger partial charge on any atom is -0.302 e. The van der Waals surface area contributed by atoms with Crippen LogP contribution in [-0.4, -0.2) is 4.98 Å². The van der Waals surface area contributed by atoms with Gasteiger partial charge in [-0.1, -0.05) is 23.7 Å². The van der Waals surface area contributed by atoms with Gasteiger partial charge in [-0.05, 0) is 31.5 Å². The Balaban J connectivity index is 2.01. The zero-order valence-corrected chi connectivity index (χ0v) is 11.4. The van der Waals surface area contributed by atoms with Gasteiger partial charge in [-0.15, -0.1) is 11.3 Å². The molecule has 0 aliphatic rings. The molecule has 0 radical (unpaired) electrons. The molecule has 4 heteroatoms. The van der Waals surface area contributed by atoms with E-state index in [9.17, 15) is 0 Å². The maximum Gasteiger partial charge on any atom is 0.109 e. The Morgan fingerprint density at radius 3 is 2.47 bits per heavy atom. The van der Waals surface area contributed by atoms with E-state index in [-0.39, 0.29) is 12.1 Å². The maximum absolute atomic E-state index is 5.87. The highest BCUT2D eigenvalue weighted by Gasteiger charge is 2.12. The van der Waals surface area contributed by atoms with E-state index in [4.69, 9.17) is 11.6 Å². The Labute approximate surface area is 111 Å². The summed E-state index contributed by atoms with van der Waals surface area (Å²) >= 11 is 7.55. The second-order valence-electron chi connectivity index (χ2n) is 4.03. The van der Waals surface area contributed by atoms with Crippen LogP contribution < -0.4 is 5.32 Å². The van der Waals surface area contributed by atoms with Crippen molar-refractivity contribution in [2.75, 3.05) is 0 Å². The van der Waals surface area contributed by atoms with Crippen LogP contribution >= 0.6 is 22.9 Å². The van der Waals surface area contributed by atoms with Crippen LogP contribution in [0.1, 0.15) is 36.5 Å². The highest BCUT2D eigenvalue weighted by atomic mass is 35.5. The van der Waals surface area contributed by atoms with Gasteiger partial charge in [-0.25, -0.2) is 4.98 Å². The molecule has 0 bridgehead atoms. The molecule has 0 aliphatic heterocycles. The number of benzene rings is 1. The molecule has 2 rings (SSSR count). The van der Waals surface area contributed by atoms with Crippen molar-refractivity contribution in [3.05, 3.63) is 51.4 Å². The van der Waals surface area contributed by atoms with Gasteiger partial charge in [0.25, 0.3) is 0 Å². The Morgan fingerprint density at radius 2 is 1.88 bits per heavy atom. The Bertz CT molecular complexity index is 453. The number of aromatic nitrogens is 1. The standard InChI is InChI=1S/C13H15ClN2S/c1-9(11-3-5-12(14)6-4-11)16-10(2)13-15-7-8-17-13/h3-10,16H,1-2H3/t9-,10?/m1/s1. The lowest BCUT2D eigenvalue weighted by Gasteiger charge is -2.18. The normalized spacial score (nSPS) is 14.5. The second-order valence-corrected chi connectivity index (χ2v) is 5.39. The van der Waals surface area contributed by atoms with Gasteiger partial charge in [0.15, 0.2) is 0 Å². The summed E-state index contributed by atoms with van der Waals surface area (Å²) in [6.45, 7) is 4.28. The monoisotopic (exact) mass is 266 g/mol. The fourth-order valence-corrected chi connectivity index (χ4v) is 2.52. The molecule has 2 nitrogen and oxygen atoms in total. The lowest BCUT2D eigenvalue weighted by atomic mass is 10.1. The van der Waals surface area contributed by atoms with Gasteiger partial charge in [0, 0.05) is 22.6 Å². The first kappa shape index (κ1) is 12.6. The molecular formula is C13H15ClN2S. The van der Waals surface area contributed by atoms with Gasteiger partial charge in [0.1, 0.15) is 5.01 Å². The number of halogens is 1. The van der Waals surface area contributed by atoms with E-state index in [1.54, 1.807) is 11.3 Å². The zero-order chi connectivity index (χ0) is 12.3. The van der Waals surface area contributed by atoms with Crippen LogP contribution in [0, 0.1) is 0 Å². The summed E-state index contributed by atoms with van der Waals surface area (Å²) in [5.41, 5.74) is 1.23. The van der Waals surface area contributed by atoms with E-state index in [0.717, 1.165) is 10.0 Å². The number of nitrogens with one attached hydrogen (secondary N) is 1. The summed E-state index contributed by atoms with van der Waals surface area (Å²) in [6, 6.07) is 8.49. The van der Waals surface area contributed by atoms with Crippen molar-refractivity contribution in [1.29, 1.82) is 0 Å². The summed E-state index contributed by atoms with van der Waals surface area (Å²) in [7, 11) is 0. The number of hydrogen-bond donors (Lipinski definition) is 1. The van der Waals surface area contributed by atoms with E-state index < -0.39 is 0 Å². The maximum atomic E-state index is 5.87. The molecule has 2 aromatic rings. The average Bonchev–Trinajstić information content (AvgIpc) is 2.83. The molecule has 0 spiro atoms. The SMILES string of the molecule is CC(N[C@H](C)c1ccc(Cl)cc1)c1nccs1. The number of nitrogens with zero attached hydrogens (tertiary/aromatic N) is 1. The van der Waals surface area contributed by atoms with Crippen molar-refractivity contribution in [2.24, 2.45) is 0 Å². The van der Waals surface area contributed by atoms with Crippen molar-refractivity contribution in [2.45, 2.75) is 25.9 Å². The molecule has 90 valence electrons. The average molecular weight is 267 g/mol. The van der Waals surface area contributed by atoms with E-state index >= 15 is 0 Å². The minimum atomic E-state index is 0.265. The van der Waals surface area contributed by atoms with Gasteiger partial charge in [-0.2, -0.15) is 0 Å². The first-order valence-corrected chi connectivity index (χ1v) is 6.83. The third kappa shape index (κ3) is 3.28. The van der Waals surface area contributed by atoms with Crippen LogP contribution in [-0.2, 0) is 0 Å². The molecular weight excluding hydrogens is 252 g/mol. The quantitative estimate of drug-likeness (QED) is 0.897. The van der Waals surface area contributed by atoms with Crippen molar-refractivity contribution in [1.82, 2.24) is 10.3 Å². The third-order valence-electron chi connectivity index (χ3n) is 2.69. The smallest absolute Gasteiger partial charge is 0.109 e. The zero-order valence-electron chi connectivity index (χ0n) is 9.85. The van der Waals surface area contributed by atoms with Crippen LogP contribution in [0.5, 0.6) is 0 Å². The molecule has 17 heavy (non-hydrogen) atoms.